The van der Waals surface area contributed by atoms with Crippen LogP contribution in [0.4, 0.5) is 0 Å². The summed E-state index contributed by atoms with van der Waals surface area (Å²) in [5.41, 5.74) is 0. The van der Waals surface area contributed by atoms with Crippen LogP contribution in [0, 0.1) is 0 Å². The average molecular weight is 172 g/mol. The number of esters is 1. The maximum absolute atomic E-state index is 10.7. The summed E-state index contributed by atoms with van der Waals surface area (Å²) in [5, 5.41) is 18.5. The molecule has 1 aliphatic rings. The molecule has 4 heteroatoms. The first-order valence-electron chi connectivity index (χ1n) is 3.83. The van der Waals surface area contributed by atoms with Gasteiger partial charge >= 0.3 is 5.97 Å². The van der Waals surface area contributed by atoms with E-state index in [1.54, 1.807) is 13.0 Å². The number of aliphatic hydroxyl groups excluding tert-OH is 2. The van der Waals surface area contributed by atoms with Gasteiger partial charge in [-0.3, -0.25) is 4.79 Å². The molecular formula is C8H12O4. The van der Waals surface area contributed by atoms with Gasteiger partial charge in [0, 0.05) is 0 Å². The number of ether oxygens (including phenoxy) is 1. The van der Waals surface area contributed by atoms with Gasteiger partial charge in [-0.15, -0.1) is 0 Å². The number of carbonyl (C=O) groups excluding carboxylic acids is 1. The van der Waals surface area contributed by atoms with E-state index in [0.29, 0.717) is 0 Å². The first kappa shape index (κ1) is 9.22. The van der Waals surface area contributed by atoms with Crippen LogP contribution in [0.3, 0.4) is 0 Å². The zero-order valence-electron chi connectivity index (χ0n) is 6.80. The van der Waals surface area contributed by atoms with Crippen LogP contribution in [0.25, 0.3) is 0 Å². The van der Waals surface area contributed by atoms with E-state index in [2.05, 4.69) is 0 Å². The lowest BCUT2D eigenvalue weighted by Crippen LogP contribution is -2.32. The molecule has 1 aliphatic heterocycles. The van der Waals surface area contributed by atoms with Gasteiger partial charge in [0.2, 0.25) is 0 Å². The number of carbonyl (C=O) groups is 1. The highest BCUT2D eigenvalue weighted by molar-refractivity contribution is 5.72. The minimum atomic E-state index is -0.906. The summed E-state index contributed by atoms with van der Waals surface area (Å²) in [6, 6.07) is 0. The number of rotatable bonds is 2. The molecule has 0 aromatic carbocycles. The van der Waals surface area contributed by atoms with Gasteiger partial charge < -0.3 is 14.9 Å². The molecule has 0 aromatic rings. The van der Waals surface area contributed by atoms with Crippen molar-refractivity contribution < 1.29 is 19.7 Å². The first-order valence-corrected chi connectivity index (χ1v) is 3.83. The summed E-state index contributed by atoms with van der Waals surface area (Å²) in [6.07, 6.45) is 0.504. The third-order valence-corrected chi connectivity index (χ3v) is 1.75. The molecule has 1 fully saturated rings. The van der Waals surface area contributed by atoms with E-state index < -0.39 is 24.3 Å². The van der Waals surface area contributed by atoms with Gasteiger partial charge in [0.15, 0.2) is 6.10 Å². The Morgan fingerprint density at radius 1 is 1.75 bits per heavy atom. The third kappa shape index (κ3) is 1.84. The molecule has 0 bridgehead atoms. The van der Waals surface area contributed by atoms with Crippen LogP contribution in [0.5, 0.6) is 0 Å². The average Bonchev–Trinajstić information content (AvgIpc) is 2.30. The van der Waals surface area contributed by atoms with Crippen LogP contribution >= 0.6 is 0 Å². The molecule has 2 N–H and O–H groups in total. The summed E-state index contributed by atoms with van der Waals surface area (Å²) in [6.45, 7) is 1.74. The van der Waals surface area contributed by atoms with E-state index >= 15 is 0 Å². The van der Waals surface area contributed by atoms with Crippen molar-refractivity contribution in [2.24, 2.45) is 0 Å². The SMILES string of the molecule is C/C=C/[C@H](O)C1OC(=O)CC1O. The lowest BCUT2D eigenvalue weighted by Gasteiger charge is -2.16. The highest BCUT2D eigenvalue weighted by atomic mass is 16.6. The molecule has 12 heavy (non-hydrogen) atoms. The zero-order chi connectivity index (χ0) is 9.14. The number of allylic oxidation sites excluding steroid dienone is 1. The van der Waals surface area contributed by atoms with E-state index in [1.807, 2.05) is 0 Å². The molecule has 1 heterocycles. The molecule has 68 valence electrons. The summed E-state index contributed by atoms with van der Waals surface area (Å²) in [5.74, 6) is -0.462. The molecule has 0 radical (unpaired) electrons. The maximum atomic E-state index is 10.7. The van der Waals surface area contributed by atoms with Crippen LogP contribution in [-0.2, 0) is 9.53 Å². The molecule has 3 atom stereocenters. The molecule has 1 rings (SSSR count). The van der Waals surface area contributed by atoms with Crippen molar-refractivity contribution in [3.8, 4) is 0 Å². The molecule has 2 unspecified atom stereocenters. The number of hydrogen-bond acceptors (Lipinski definition) is 4. The van der Waals surface area contributed by atoms with E-state index in [9.17, 15) is 15.0 Å². The predicted octanol–water partition coefficient (Wildman–Crippen LogP) is -0.400. The highest BCUT2D eigenvalue weighted by Crippen LogP contribution is 2.18. The molecule has 0 saturated carbocycles. The second kappa shape index (κ2) is 3.69. The largest absolute Gasteiger partial charge is 0.456 e. The fraction of sp³-hybridized carbons (Fsp3) is 0.625. The lowest BCUT2D eigenvalue weighted by atomic mass is 10.1. The van der Waals surface area contributed by atoms with Crippen molar-refractivity contribution in [3.63, 3.8) is 0 Å². The van der Waals surface area contributed by atoms with Crippen molar-refractivity contribution in [1.29, 1.82) is 0 Å². The Bertz CT molecular complexity index is 199. The zero-order valence-corrected chi connectivity index (χ0v) is 6.80. The second-order valence-corrected chi connectivity index (χ2v) is 2.74. The van der Waals surface area contributed by atoms with Gasteiger partial charge in [-0.2, -0.15) is 0 Å². The van der Waals surface area contributed by atoms with E-state index in [0.717, 1.165) is 0 Å². The van der Waals surface area contributed by atoms with E-state index in [4.69, 9.17) is 4.74 Å². The molecule has 0 aliphatic carbocycles. The topological polar surface area (TPSA) is 66.8 Å². The Hall–Kier alpha value is -0.870. The molecule has 0 spiro atoms. The van der Waals surface area contributed by atoms with Crippen molar-refractivity contribution in [2.45, 2.75) is 31.7 Å². The molecule has 0 amide bonds. The molecular weight excluding hydrogens is 160 g/mol. The Morgan fingerprint density at radius 3 is 2.83 bits per heavy atom. The second-order valence-electron chi connectivity index (χ2n) is 2.74. The first-order chi connectivity index (χ1) is 5.65. The van der Waals surface area contributed by atoms with Gasteiger partial charge in [0.05, 0.1) is 6.42 Å². The Kier molecular flexibility index (Phi) is 2.83. The summed E-state index contributed by atoms with van der Waals surface area (Å²) in [4.78, 5) is 10.7. The standard InChI is InChI=1S/C8H12O4/c1-2-3-5(9)8-6(10)4-7(11)12-8/h2-3,5-6,8-10H,4H2,1H3/b3-2+/t5-,6?,8?/m0/s1. The van der Waals surface area contributed by atoms with Crippen molar-refractivity contribution >= 4 is 5.97 Å². The van der Waals surface area contributed by atoms with Gasteiger partial charge in [0.25, 0.3) is 0 Å². The van der Waals surface area contributed by atoms with Crippen molar-refractivity contribution in [1.82, 2.24) is 0 Å². The Morgan fingerprint density at radius 2 is 2.42 bits per heavy atom. The lowest BCUT2D eigenvalue weighted by molar-refractivity contribution is -0.145. The van der Waals surface area contributed by atoms with Crippen LogP contribution in [0.1, 0.15) is 13.3 Å². The van der Waals surface area contributed by atoms with Crippen molar-refractivity contribution in [3.05, 3.63) is 12.2 Å². The van der Waals surface area contributed by atoms with Gasteiger partial charge in [-0.1, -0.05) is 12.2 Å². The summed E-state index contributed by atoms with van der Waals surface area (Å²) >= 11 is 0. The minimum absolute atomic E-state index is 0.0285. The summed E-state index contributed by atoms with van der Waals surface area (Å²) < 4.78 is 4.70. The van der Waals surface area contributed by atoms with Gasteiger partial charge in [-0.05, 0) is 6.92 Å². The van der Waals surface area contributed by atoms with Gasteiger partial charge in [-0.25, -0.2) is 0 Å². The monoisotopic (exact) mass is 172 g/mol. The quantitative estimate of drug-likeness (QED) is 0.439. The number of cyclic esters (lactones) is 1. The van der Waals surface area contributed by atoms with E-state index in [1.165, 1.54) is 6.08 Å². The molecule has 4 nitrogen and oxygen atoms in total. The fourth-order valence-corrected chi connectivity index (χ4v) is 1.17. The Labute approximate surface area is 70.5 Å². The molecule has 1 saturated heterocycles. The Balaban J connectivity index is 2.57. The predicted molar refractivity (Wildman–Crippen MR) is 41.3 cm³/mol. The van der Waals surface area contributed by atoms with Gasteiger partial charge in [0.1, 0.15) is 12.2 Å². The van der Waals surface area contributed by atoms with E-state index in [-0.39, 0.29) is 6.42 Å². The highest BCUT2D eigenvalue weighted by Gasteiger charge is 2.37. The number of aliphatic hydroxyl groups is 2. The van der Waals surface area contributed by atoms with Crippen LogP contribution < -0.4 is 0 Å². The fourth-order valence-electron chi connectivity index (χ4n) is 1.17. The third-order valence-electron chi connectivity index (χ3n) is 1.75. The maximum Gasteiger partial charge on any atom is 0.309 e. The van der Waals surface area contributed by atoms with Crippen LogP contribution in [-0.4, -0.2) is 34.5 Å². The smallest absolute Gasteiger partial charge is 0.309 e. The van der Waals surface area contributed by atoms with Crippen LogP contribution in [0.2, 0.25) is 0 Å². The van der Waals surface area contributed by atoms with Crippen LogP contribution in [0.15, 0.2) is 12.2 Å². The summed E-state index contributed by atoms with van der Waals surface area (Å²) in [7, 11) is 0. The number of hydrogen-bond donors (Lipinski definition) is 2. The normalized spacial score (nSPS) is 32.4. The molecule has 0 aromatic heterocycles. The minimum Gasteiger partial charge on any atom is -0.456 e. The van der Waals surface area contributed by atoms with Crippen molar-refractivity contribution in [2.75, 3.05) is 0 Å².